The second-order valence-electron chi connectivity index (χ2n) is 7.12. The number of carbonyl (C=O) groups excluding carboxylic acids is 1. The van der Waals surface area contributed by atoms with Crippen molar-refractivity contribution in [3.05, 3.63) is 47.8 Å². The summed E-state index contributed by atoms with van der Waals surface area (Å²) < 4.78 is 1.79. The average molecular weight is 341 g/mol. The molecule has 1 N–H and O–H groups in total. The van der Waals surface area contributed by atoms with Crippen molar-refractivity contribution in [1.82, 2.24) is 24.9 Å². The van der Waals surface area contributed by atoms with E-state index < -0.39 is 0 Å². The summed E-state index contributed by atoms with van der Waals surface area (Å²) >= 11 is 0. The number of para-hydroxylation sites is 1. The summed E-state index contributed by atoms with van der Waals surface area (Å²) in [5.74, 6) is -0.0273. The topological polar surface area (TPSA) is 53.4 Å². The molecule has 1 aliphatic heterocycles. The number of likely N-dealkylation sites (tertiary alicyclic amines) is 1. The molecule has 2 heterocycles. The first kappa shape index (κ1) is 17.6. The second-order valence-corrected chi connectivity index (χ2v) is 7.12. The zero-order valence-electron chi connectivity index (χ0n) is 15.3. The highest BCUT2D eigenvalue weighted by Crippen LogP contribution is 2.16. The van der Waals surface area contributed by atoms with Crippen molar-refractivity contribution < 1.29 is 4.79 Å². The fourth-order valence-corrected chi connectivity index (χ4v) is 3.35. The molecule has 134 valence electrons. The summed E-state index contributed by atoms with van der Waals surface area (Å²) in [6.45, 7) is 2.83. The van der Waals surface area contributed by atoms with Crippen LogP contribution in [0.4, 0.5) is 0 Å². The summed E-state index contributed by atoms with van der Waals surface area (Å²) in [6.07, 6.45) is 5.99. The molecule has 1 aromatic heterocycles. The molecule has 3 rings (SSSR count). The first-order valence-electron chi connectivity index (χ1n) is 8.80. The Balaban J connectivity index is 1.78. The highest BCUT2D eigenvalue weighted by molar-refractivity contribution is 5.97. The van der Waals surface area contributed by atoms with Crippen molar-refractivity contribution in [3.8, 4) is 5.69 Å². The summed E-state index contributed by atoms with van der Waals surface area (Å²) in [5.41, 5.74) is 2.60. The number of rotatable bonds is 5. The van der Waals surface area contributed by atoms with Gasteiger partial charge in [0.25, 0.3) is 5.91 Å². The quantitative estimate of drug-likeness (QED) is 0.900. The van der Waals surface area contributed by atoms with E-state index in [0.717, 1.165) is 43.7 Å². The van der Waals surface area contributed by atoms with Gasteiger partial charge in [0.2, 0.25) is 0 Å². The van der Waals surface area contributed by atoms with Crippen molar-refractivity contribution in [1.29, 1.82) is 0 Å². The van der Waals surface area contributed by atoms with Crippen LogP contribution in [-0.4, -0.2) is 65.8 Å². The van der Waals surface area contributed by atoms with E-state index in [1.54, 1.807) is 4.68 Å². The lowest BCUT2D eigenvalue weighted by Crippen LogP contribution is -2.46. The SMILES string of the molecule is CN(C)Cc1cnn(-c2ccccc2C(=O)N[C@@H]2CCCN(C)C2)c1. The van der Waals surface area contributed by atoms with Crippen LogP contribution in [0.1, 0.15) is 28.8 Å². The number of likely N-dealkylation sites (N-methyl/N-ethyl adjacent to an activating group) is 1. The van der Waals surface area contributed by atoms with Crippen molar-refractivity contribution in [2.75, 3.05) is 34.2 Å². The minimum absolute atomic E-state index is 0.0273. The molecule has 0 aliphatic carbocycles. The molecular weight excluding hydrogens is 314 g/mol. The molecule has 6 heteroatoms. The summed E-state index contributed by atoms with van der Waals surface area (Å²) in [6, 6.07) is 7.85. The van der Waals surface area contributed by atoms with Gasteiger partial charge in [0.1, 0.15) is 0 Å². The van der Waals surface area contributed by atoms with Gasteiger partial charge in [-0.3, -0.25) is 4.79 Å². The molecule has 0 radical (unpaired) electrons. The van der Waals surface area contributed by atoms with E-state index in [4.69, 9.17) is 0 Å². The van der Waals surface area contributed by atoms with Crippen molar-refractivity contribution >= 4 is 5.91 Å². The van der Waals surface area contributed by atoms with Gasteiger partial charge in [0, 0.05) is 30.9 Å². The molecule has 1 atom stereocenters. The van der Waals surface area contributed by atoms with Crippen LogP contribution < -0.4 is 5.32 Å². The first-order chi connectivity index (χ1) is 12.0. The molecule has 6 nitrogen and oxygen atoms in total. The number of hydrogen-bond donors (Lipinski definition) is 1. The van der Waals surface area contributed by atoms with E-state index in [1.165, 1.54) is 0 Å². The maximum atomic E-state index is 12.8. The van der Waals surface area contributed by atoms with Gasteiger partial charge in [0.05, 0.1) is 17.4 Å². The monoisotopic (exact) mass is 341 g/mol. The normalized spacial score (nSPS) is 18.5. The lowest BCUT2D eigenvalue weighted by atomic mass is 10.1. The van der Waals surface area contributed by atoms with Crippen molar-refractivity contribution in [2.45, 2.75) is 25.4 Å². The zero-order chi connectivity index (χ0) is 17.8. The van der Waals surface area contributed by atoms with E-state index in [-0.39, 0.29) is 11.9 Å². The van der Waals surface area contributed by atoms with E-state index in [1.807, 2.05) is 50.8 Å². The summed E-state index contributed by atoms with van der Waals surface area (Å²) in [4.78, 5) is 17.2. The van der Waals surface area contributed by atoms with Crippen LogP contribution in [0.5, 0.6) is 0 Å². The van der Waals surface area contributed by atoms with Gasteiger partial charge in [-0.25, -0.2) is 4.68 Å². The Kier molecular flexibility index (Phi) is 5.50. The molecule has 1 fully saturated rings. The van der Waals surface area contributed by atoms with Crippen LogP contribution in [0, 0.1) is 0 Å². The van der Waals surface area contributed by atoms with Crippen LogP contribution in [0.3, 0.4) is 0 Å². The molecule has 1 amide bonds. The number of aromatic nitrogens is 2. The Bertz CT molecular complexity index is 724. The van der Waals surface area contributed by atoms with Crippen LogP contribution in [0.25, 0.3) is 5.69 Å². The first-order valence-corrected chi connectivity index (χ1v) is 8.80. The number of benzene rings is 1. The lowest BCUT2D eigenvalue weighted by molar-refractivity contribution is 0.0912. The van der Waals surface area contributed by atoms with Crippen molar-refractivity contribution in [3.63, 3.8) is 0 Å². The zero-order valence-corrected chi connectivity index (χ0v) is 15.3. The van der Waals surface area contributed by atoms with Gasteiger partial charge in [-0.05, 0) is 52.7 Å². The standard InChI is InChI=1S/C19H27N5O/c1-22(2)12-15-11-20-24(13-15)18-9-5-4-8-17(18)19(25)21-16-7-6-10-23(3)14-16/h4-5,8-9,11,13,16H,6-7,10,12,14H2,1-3H3,(H,21,25)/t16-/m1/s1. The Morgan fingerprint density at radius 1 is 1.36 bits per heavy atom. The largest absolute Gasteiger partial charge is 0.348 e. The van der Waals surface area contributed by atoms with Crippen LogP contribution in [-0.2, 0) is 6.54 Å². The molecule has 0 saturated carbocycles. The molecule has 25 heavy (non-hydrogen) atoms. The van der Waals surface area contributed by atoms with E-state index >= 15 is 0 Å². The molecule has 2 aromatic rings. The third-order valence-corrected chi connectivity index (χ3v) is 4.49. The van der Waals surface area contributed by atoms with E-state index in [2.05, 4.69) is 27.3 Å². The van der Waals surface area contributed by atoms with Gasteiger partial charge in [0.15, 0.2) is 0 Å². The summed E-state index contributed by atoms with van der Waals surface area (Å²) in [7, 11) is 6.15. The number of nitrogens with zero attached hydrogens (tertiary/aromatic N) is 4. The fourth-order valence-electron chi connectivity index (χ4n) is 3.35. The molecule has 0 spiro atoms. The molecule has 1 saturated heterocycles. The summed E-state index contributed by atoms with van der Waals surface area (Å²) in [5, 5.41) is 7.63. The van der Waals surface area contributed by atoms with E-state index in [0.29, 0.717) is 5.56 Å². The van der Waals surface area contributed by atoms with Gasteiger partial charge < -0.3 is 15.1 Å². The predicted molar refractivity (Wildman–Crippen MR) is 98.9 cm³/mol. The highest BCUT2D eigenvalue weighted by atomic mass is 16.1. The predicted octanol–water partition coefficient (Wildman–Crippen LogP) is 1.76. The Hall–Kier alpha value is -2.18. The highest BCUT2D eigenvalue weighted by Gasteiger charge is 2.21. The minimum Gasteiger partial charge on any atom is -0.348 e. The third kappa shape index (κ3) is 4.46. The van der Waals surface area contributed by atoms with Crippen LogP contribution in [0.2, 0.25) is 0 Å². The third-order valence-electron chi connectivity index (χ3n) is 4.49. The lowest BCUT2D eigenvalue weighted by Gasteiger charge is -2.30. The van der Waals surface area contributed by atoms with Gasteiger partial charge >= 0.3 is 0 Å². The van der Waals surface area contributed by atoms with Crippen LogP contribution >= 0.6 is 0 Å². The van der Waals surface area contributed by atoms with Crippen LogP contribution in [0.15, 0.2) is 36.7 Å². The molecule has 0 unspecified atom stereocenters. The Morgan fingerprint density at radius 3 is 2.92 bits per heavy atom. The van der Waals surface area contributed by atoms with Gasteiger partial charge in [-0.1, -0.05) is 12.1 Å². The number of piperidine rings is 1. The second kappa shape index (κ2) is 7.80. The molecule has 0 bridgehead atoms. The maximum Gasteiger partial charge on any atom is 0.253 e. The van der Waals surface area contributed by atoms with E-state index in [9.17, 15) is 4.79 Å². The van der Waals surface area contributed by atoms with Crippen molar-refractivity contribution in [2.24, 2.45) is 0 Å². The number of amides is 1. The molecule has 1 aromatic carbocycles. The number of nitrogens with one attached hydrogen (secondary N) is 1. The maximum absolute atomic E-state index is 12.8. The number of hydrogen-bond acceptors (Lipinski definition) is 4. The van der Waals surface area contributed by atoms with Gasteiger partial charge in [-0.2, -0.15) is 5.10 Å². The smallest absolute Gasteiger partial charge is 0.253 e. The average Bonchev–Trinajstić information content (AvgIpc) is 3.02. The Morgan fingerprint density at radius 2 is 2.16 bits per heavy atom. The van der Waals surface area contributed by atoms with Gasteiger partial charge in [-0.15, -0.1) is 0 Å². The fraction of sp³-hybridized carbons (Fsp3) is 0.474. The molecule has 1 aliphatic rings. The minimum atomic E-state index is -0.0273. The number of carbonyl (C=O) groups is 1. The Labute approximate surface area is 149 Å². The molecular formula is C19H27N5O.